The van der Waals surface area contributed by atoms with Crippen molar-refractivity contribution in [3.05, 3.63) is 71.3 Å². The molecule has 222 valence electrons. The van der Waals surface area contributed by atoms with Gasteiger partial charge in [-0.1, -0.05) is 57.0 Å². The van der Waals surface area contributed by atoms with Gasteiger partial charge in [0, 0.05) is 18.3 Å². The highest BCUT2D eigenvalue weighted by Gasteiger charge is 2.72. The van der Waals surface area contributed by atoms with E-state index >= 15 is 0 Å². The highest BCUT2D eigenvalue weighted by atomic mass is 16.5. The summed E-state index contributed by atoms with van der Waals surface area (Å²) in [5, 5.41) is 6.35. The van der Waals surface area contributed by atoms with Gasteiger partial charge in [-0.25, -0.2) is 0 Å². The molecule has 2 saturated heterocycles. The largest absolute Gasteiger partial charge is 0.497 e. The van der Waals surface area contributed by atoms with Crippen molar-refractivity contribution in [3.8, 4) is 5.75 Å². The number of methoxy groups -OCH3 is 1. The van der Waals surface area contributed by atoms with Crippen LogP contribution in [0, 0.1) is 37.5 Å². The normalized spacial score (nSPS) is 33.0. The summed E-state index contributed by atoms with van der Waals surface area (Å²) in [6.07, 6.45) is 6.26. The molecule has 1 saturated carbocycles. The van der Waals surface area contributed by atoms with Crippen LogP contribution in [0.4, 0.5) is 5.69 Å². The van der Waals surface area contributed by atoms with E-state index in [1.807, 2.05) is 68.5 Å². The zero-order valence-corrected chi connectivity index (χ0v) is 25.1. The van der Waals surface area contributed by atoms with Gasteiger partial charge in [0.1, 0.15) is 17.4 Å². The van der Waals surface area contributed by atoms with Crippen molar-refractivity contribution < 1.29 is 23.9 Å². The van der Waals surface area contributed by atoms with Gasteiger partial charge in [-0.2, -0.15) is 0 Å². The lowest BCUT2D eigenvalue weighted by atomic mass is 9.73. The maximum atomic E-state index is 14.4. The number of aryl methyl sites for hydroxylation is 2. The van der Waals surface area contributed by atoms with Gasteiger partial charge in [0.15, 0.2) is 0 Å². The Kier molecular flexibility index (Phi) is 7.37. The molecule has 2 aromatic rings. The molecule has 3 fully saturated rings. The van der Waals surface area contributed by atoms with E-state index in [2.05, 4.69) is 24.5 Å². The molecule has 0 radical (unpaired) electrons. The van der Waals surface area contributed by atoms with Crippen LogP contribution in [0.15, 0.2) is 54.6 Å². The minimum atomic E-state index is -1.21. The molecule has 3 aliphatic heterocycles. The predicted molar refractivity (Wildman–Crippen MR) is 160 cm³/mol. The molecular weight excluding hydrogens is 530 g/mol. The highest BCUT2D eigenvalue weighted by Crippen LogP contribution is 2.55. The van der Waals surface area contributed by atoms with Crippen LogP contribution in [-0.4, -0.2) is 53.5 Å². The van der Waals surface area contributed by atoms with Gasteiger partial charge in [0.25, 0.3) is 0 Å². The smallest absolute Gasteiger partial charge is 0.246 e. The molecule has 4 aliphatic rings. The molecule has 0 unspecified atom stereocenters. The van der Waals surface area contributed by atoms with E-state index in [9.17, 15) is 14.4 Å². The minimum Gasteiger partial charge on any atom is -0.497 e. The van der Waals surface area contributed by atoms with Crippen LogP contribution in [0.25, 0.3) is 0 Å². The zero-order valence-electron chi connectivity index (χ0n) is 25.1. The van der Waals surface area contributed by atoms with Crippen molar-refractivity contribution >= 4 is 23.4 Å². The number of amides is 3. The van der Waals surface area contributed by atoms with Gasteiger partial charge in [0.05, 0.1) is 25.0 Å². The first-order valence-electron chi connectivity index (χ1n) is 15.1. The fourth-order valence-corrected chi connectivity index (χ4v) is 7.73. The first kappa shape index (κ1) is 28.5. The number of nitrogens with zero attached hydrogens (tertiary/aromatic N) is 1. The average molecular weight is 572 g/mol. The van der Waals surface area contributed by atoms with Crippen LogP contribution in [0.3, 0.4) is 0 Å². The Morgan fingerprint density at radius 2 is 1.83 bits per heavy atom. The third-order valence-electron chi connectivity index (χ3n) is 9.94. The summed E-state index contributed by atoms with van der Waals surface area (Å²) in [7, 11) is 1.60. The number of benzene rings is 2. The lowest BCUT2D eigenvalue weighted by Crippen LogP contribution is -2.57. The summed E-state index contributed by atoms with van der Waals surface area (Å²) >= 11 is 0. The fourth-order valence-electron chi connectivity index (χ4n) is 7.73. The van der Waals surface area contributed by atoms with Gasteiger partial charge in [0.2, 0.25) is 17.7 Å². The standard InChI is InChI=1S/C34H41N3O5/c1-19-14-20(2)16-24(15-19)35-31(38)28-27-12-13-34(42-27)29(28)33(40)37(18-23-9-7-10-25(17-23)41-5)30(34)32(39)36-26-11-6-8-21(3)22(26)4/h7,9-10,12-17,21-22,26-30H,6,8,11,18H2,1-5H3,(H,35,38)(H,36,39)/t21-,22-,26+,27+,28+,29+,30-,34-/m0/s1. The highest BCUT2D eigenvalue weighted by molar-refractivity contribution is 6.02. The Hall–Kier alpha value is -3.65. The van der Waals surface area contributed by atoms with Crippen molar-refractivity contribution in [2.24, 2.45) is 23.7 Å². The van der Waals surface area contributed by atoms with E-state index in [1.165, 1.54) is 0 Å². The van der Waals surface area contributed by atoms with E-state index in [4.69, 9.17) is 9.47 Å². The van der Waals surface area contributed by atoms with E-state index in [0.29, 0.717) is 23.3 Å². The topological polar surface area (TPSA) is 97.0 Å². The Balaban J connectivity index is 1.34. The Morgan fingerprint density at radius 3 is 2.57 bits per heavy atom. The van der Waals surface area contributed by atoms with Gasteiger partial charge in [-0.3, -0.25) is 14.4 Å². The molecule has 8 atom stereocenters. The number of likely N-dealkylation sites (tertiary alicyclic amines) is 1. The summed E-state index contributed by atoms with van der Waals surface area (Å²) in [5.74, 6) is -0.781. The molecule has 1 aliphatic carbocycles. The van der Waals surface area contributed by atoms with Crippen LogP contribution >= 0.6 is 0 Å². The van der Waals surface area contributed by atoms with Crippen LogP contribution in [-0.2, 0) is 25.7 Å². The van der Waals surface area contributed by atoms with Crippen molar-refractivity contribution in [2.75, 3.05) is 12.4 Å². The van der Waals surface area contributed by atoms with E-state index < -0.39 is 29.6 Å². The third kappa shape index (κ3) is 4.79. The second-order valence-electron chi connectivity index (χ2n) is 12.8. The molecule has 2 bridgehead atoms. The summed E-state index contributed by atoms with van der Waals surface area (Å²) in [4.78, 5) is 44.0. The van der Waals surface area contributed by atoms with Crippen molar-refractivity contribution in [1.29, 1.82) is 0 Å². The van der Waals surface area contributed by atoms with Crippen LogP contribution < -0.4 is 15.4 Å². The summed E-state index contributed by atoms with van der Waals surface area (Å²) in [6, 6.07) is 12.5. The molecule has 2 N–H and O–H groups in total. The summed E-state index contributed by atoms with van der Waals surface area (Å²) in [5.41, 5.74) is 2.39. The fraction of sp³-hybridized carbons (Fsp3) is 0.500. The summed E-state index contributed by atoms with van der Waals surface area (Å²) < 4.78 is 12.0. The predicted octanol–water partition coefficient (Wildman–Crippen LogP) is 4.54. The number of nitrogens with one attached hydrogen (secondary N) is 2. The number of anilines is 1. The van der Waals surface area contributed by atoms with Crippen molar-refractivity contribution in [1.82, 2.24) is 10.2 Å². The SMILES string of the molecule is COc1cccc(CN2C(=O)[C@H]3[C@H](C(=O)Nc4cc(C)cc(C)c4)[C@H]4C=C[C@@]3(O4)[C@@H]2C(=O)N[C@@H]2CCC[C@H](C)[C@@H]2C)c1. The maximum absolute atomic E-state index is 14.4. The molecular formula is C34H41N3O5. The van der Waals surface area contributed by atoms with Crippen LogP contribution in [0.1, 0.15) is 49.8 Å². The summed E-state index contributed by atoms with van der Waals surface area (Å²) in [6.45, 7) is 8.59. The van der Waals surface area contributed by atoms with Crippen LogP contribution in [0.5, 0.6) is 5.75 Å². The van der Waals surface area contributed by atoms with Gasteiger partial charge >= 0.3 is 0 Å². The first-order valence-corrected chi connectivity index (χ1v) is 15.1. The molecule has 6 rings (SSSR count). The first-order chi connectivity index (χ1) is 20.1. The maximum Gasteiger partial charge on any atom is 0.246 e. The lowest BCUT2D eigenvalue weighted by Gasteiger charge is -2.38. The zero-order chi connectivity index (χ0) is 29.8. The van der Waals surface area contributed by atoms with Gasteiger partial charge < -0.3 is 25.0 Å². The molecule has 3 amide bonds. The Labute approximate surface area is 247 Å². The molecule has 3 heterocycles. The Morgan fingerprint density at radius 1 is 1.07 bits per heavy atom. The van der Waals surface area contributed by atoms with E-state index in [-0.39, 0.29) is 30.3 Å². The monoisotopic (exact) mass is 571 g/mol. The van der Waals surface area contributed by atoms with E-state index in [1.54, 1.807) is 12.0 Å². The number of carbonyl (C=O) groups is 3. The molecule has 1 spiro atoms. The second-order valence-corrected chi connectivity index (χ2v) is 12.8. The molecule has 8 heteroatoms. The van der Waals surface area contributed by atoms with Crippen molar-refractivity contribution in [3.63, 3.8) is 0 Å². The number of hydrogen-bond acceptors (Lipinski definition) is 5. The number of ether oxygens (including phenoxy) is 2. The van der Waals surface area contributed by atoms with Gasteiger partial charge in [-0.15, -0.1) is 0 Å². The molecule has 42 heavy (non-hydrogen) atoms. The Bertz CT molecular complexity index is 1420. The number of fused-ring (bicyclic) bond motifs is 1. The number of rotatable bonds is 7. The minimum absolute atomic E-state index is 0.0247. The molecule has 8 nitrogen and oxygen atoms in total. The second kappa shape index (κ2) is 10.9. The van der Waals surface area contributed by atoms with Crippen molar-refractivity contribution in [2.45, 2.75) is 77.3 Å². The number of carbonyl (C=O) groups excluding carboxylic acids is 3. The quantitative estimate of drug-likeness (QED) is 0.476. The van der Waals surface area contributed by atoms with E-state index in [0.717, 1.165) is 36.0 Å². The lowest BCUT2D eigenvalue weighted by molar-refractivity contribution is -0.142. The third-order valence-corrected chi connectivity index (χ3v) is 9.94. The molecule has 0 aromatic heterocycles. The van der Waals surface area contributed by atoms with Gasteiger partial charge in [-0.05, 0) is 73.1 Å². The molecule has 2 aromatic carbocycles. The van der Waals surface area contributed by atoms with Crippen LogP contribution in [0.2, 0.25) is 0 Å². The number of hydrogen-bond donors (Lipinski definition) is 2. The average Bonchev–Trinajstić information content (AvgIpc) is 3.58.